The lowest BCUT2D eigenvalue weighted by Gasteiger charge is -2.26. The standard InChI is InChI=1S/C21H28ClN3O2S/c1-13(2)11-25-20(27)17-10-15(22)6-9-18(17)24-21(25)28-12-19(26)23-16-7-4-14(3)5-8-16/h6,9-10,13-14,16H,4-5,7-8,11-12H2,1-3H3,(H,23,26). The molecule has 7 heteroatoms. The number of aromatic nitrogens is 2. The molecule has 152 valence electrons. The van der Waals surface area contributed by atoms with E-state index in [4.69, 9.17) is 11.6 Å². The first kappa shape index (κ1) is 21.2. The number of carbonyl (C=O) groups excluding carboxylic acids is 1. The van der Waals surface area contributed by atoms with Crippen molar-refractivity contribution in [2.75, 3.05) is 5.75 Å². The third-order valence-corrected chi connectivity index (χ3v) is 6.35. The van der Waals surface area contributed by atoms with Crippen LogP contribution in [0, 0.1) is 11.8 Å². The summed E-state index contributed by atoms with van der Waals surface area (Å²) in [5, 5.41) is 4.75. The summed E-state index contributed by atoms with van der Waals surface area (Å²) in [5.41, 5.74) is 0.504. The summed E-state index contributed by atoms with van der Waals surface area (Å²) in [4.78, 5) is 30.1. The van der Waals surface area contributed by atoms with Crippen LogP contribution in [0.3, 0.4) is 0 Å². The first-order valence-corrected chi connectivity index (χ1v) is 11.3. The third-order valence-electron chi connectivity index (χ3n) is 5.14. The second-order valence-electron chi connectivity index (χ2n) is 8.18. The van der Waals surface area contributed by atoms with Crippen molar-refractivity contribution < 1.29 is 4.79 Å². The van der Waals surface area contributed by atoms with E-state index in [2.05, 4.69) is 31.1 Å². The molecule has 0 atom stereocenters. The van der Waals surface area contributed by atoms with E-state index in [1.807, 2.05) is 0 Å². The maximum absolute atomic E-state index is 13.0. The van der Waals surface area contributed by atoms with E-state index in [1.165, 1.54) is 24.6 Å². The van der Waals surface area contributed by atoms with E-state index in [-0.39, 0.29) is 29.2 Å². The van der Waals surface area contributed by atoms with E-state index in [0.717, 1.165) is 18.8 Å². The maximum Gasteiger partial charge on any atom is 0.262 e. The predicted molar refractivity (Wildman–Crippen MR) is 116 cm³/mol. The molecular formula is C21H28ClN3O2S. The third kappa shape index (κ3) is 5.29. The summed E-state index contributed by atoms with van der Waals surface area (Å²) in [7, 11) is 0. The largest absolute Gasteiger partial charge is 0.353 e. The lowest BCUT2D eigenvalue weighted by Crippen LogP contribution is -2.38. The number of nitrogens with zero attached hydrogens (tertiary/aromatic N) is 2. The highest BCUT2D eigenvalue weighted by Crippen LogP contribution is 2.24. The van der Waals surface area contributed by atoms with Gasteiger partial charge in [-0.2, -0.15) is 0 Å². The van der Waals surface area contributed by atoms with Crippen LogP contribution in [0.4, 0.5) is 0 Å². The number of benzene rings is 1. The number of amides is 1. The number of nitrogens with one attached hydrogen (secondary N) is 1. The summed E-state index contributed by atoms with van der Waals surface area (Å²) >= 11 is 7.39. The first-order valence-electron chi connectivity index (χ1n) is 9.95. The van der Waals surface area contributed by atoms with Crippen LogP contribution in [0.15, 0.2) is 28.2 Å². The molecule has 1 aromatic carbocycles. The molecular weight excluding hydrogens is 394 g/mol. The summed E-state index contributed by atoms with van der Waals surface area (Å²) in [6.45, 7) is 6.93. The SMILES string of the molecule is CC(C)Cn1c(SCC(=O)NC2CCC(C)CC2)nc2ccc(Cl)cc2c1=O. The van der Waals surface area contributed by atoms with Crippen molar-refractivity contribution in [1.82, 2.24) is 14.9 Å². The molecule has 0 saturated heterocycles. The Hall–Kier alpha value is -1.53. The minimum atomic E-state index is -0.106. The highest BCUT2D eigenvalue weighted by atomic mass is 35.5. The Labute approximate surface area is 175 Å². The second kappa shape index (κ2) is 9.31. The Morgan fingerprint density at radius 3 is 2.71 bits per heavy atom. The highest BCUT2D eigenvalue weighted by molar-refractivity contribution is 7.99. The monoisotopic (exact) mass is 421 g/mol. The molecule has 0 unspecified atom stereocenters. The van der Waals surface area contributed by atoms with Crippen LogP contribution in [0.2, 0.25) is 5.02 Å². The summed E-state index contributed by atoms with van der Waals surface area (Å²) in [6, 6.07) is 5.42. The molecule has 1 amide bonds. The minimum Gasteiger partial charge on any atom is -0.353 e. The Morgan fingerprint density at radius 2 is 2.04 bits per heavy atom. The molecule has 1 aliphatic carbocycles. The Kier molecular flexibility index (Phi) is 7.05. The number of thioether (sulfide) groups is 1. The average molecular weight is 422 g/mol. The molecule has 1 saturated carbocycles. The molecule has 5 nitrogen and oxygen atoms in total. The van der Waals surface area contributed by atoms with Crippen molar-refractivity contribution in [3.63, 3.8) is 0 Å². The van der Waals surface area contributed by atoms with Gasteiger partial charge in [0.2, 0.25) is 5.91 Å². The fourth-order valence-corrected chi connectivity index (χ4v) is 4.60. The first-order chi connectivity index (χ1) is 13.3. The molecule has 1 aromatic heterocycles. The molecule has 0 bridgehead atoms. The lowest BCUT2D eigenvalue weighted by molar-refractivity contribution is -0.119. The van der Waals surface area contributed by atoms with Gasteiger partial charge in [0.25, 0.3) is 5.56 Å². The molecule has 1 N–H and O–H groups in total. The van der Waals surface area contributed by atoms with Gasteiger partial charge >= 0.3 is 0 Å². The number of hydrogen-bond donors (Lipinski definition) is 1. The van der Waals surface area contributed by atoms with E-state index in [0.29, 0.717) is 27.6 Å². The van der Waals surface area contributed by atoms with Gasteiger partial charge < -0.3 is 5.32 Å². The van der Waals surface area contributed by atoms with Gasteiger partial charge in [0, 0.05) is 17.6 Å². The van der Waals surface area contributed by atoms with Crippen LogP contribution in [-0.2, 0) is 11.3 Å². The Morgan fingerprint density at radius 1 is 1.32 bits per heavy atom. The normalized spacial score (nSPS) is 19.9. The van der Waals surface area contributed by atoms with Crippen molar-refractivity contribution in [1.29, 1.82) is 0 Å². The molecule has 28 heavy (non-hydrogen) atoms. The van der Waals surface area contributed by atoms with Crippen LogP contribution >= 0.6 is 23.4 Å². The quantitative estimate of drug-likeness (QED) is 0.551. The molecule has 0 spiro atoms. The number of rotatable bonds is 6. The van der Waals surface area contributed by atoms with Gasteiger partial charge in [-0.3, -0.25) is 14.2 Å². The zero-order valence-corrected chi connectivity index (χ0v) is 18.3. The maximum atomic E-state index is 13.0. The van der Waals surface area contributed by atoms with Gasteiger partial charge in [-0.25, -0.2) is 4.98 Å². The molecule has 1 heterocycles. The average Bonchev–Trinajstić information content (AvgIpc) is 2.65. The molecule has 0 aliphatic heterocycles. The van der Waals surface area contributed by atoms with Crippen LogP contribution in [0.1, 0.15) is 46.5 Å². The van der Waals surface area contributed by atoms with E-state index in [9.17, 15) is 9.59 Å². The molecule has 2 aromatic rings. The van der Waals surface area contributed by atoms with Gasteiger partial charge in [0.1, 0.15) is 0 Å². The van der Waals surface area contributed by atoms with Gasteiger partial charge in [-0.05, 0) is 55.7 Å². The predicted octanol–water partition coefficient (Wildman–Crippen LogP) is 4.49. The smallest absolute Gasteiger partial charge is 0.262 e. The van der Waals surface area contributed by atoms with Crippen molar-refractivity contribution >= 4 is 40.2 Å². The van der Waals surface area contributed by atoms with Gasteiger partial charge in [-0.15, -0.1) is 0 Å². The van der Waals surface area contributed by atoms with Gasteiger partial charge in [0.15, 0.2) is 5.16 Å². The fourth-order valence-electron chi connectivity index (χ4n) is 3.61. The number of carbonyl (C=O) groups is 1. The lowest BCUT2D eigenvalue weighted by atomic mass is 9.87. The zero-order valence-electron chi connectivity index (χ0n) is 16.7. The van der Waals surface area contributed by atoms with Crippen molar-refractivity contribution in [3.8, 4) is 0 Å². The molecule has 3 rings (SSSR count). The van der Waals surface area contributed by atoms with Crippen molar-refractivity contribution in [3.05, 3.63) is 33.6 Å². The fraction of sp³-hybridized carbons (Fsp3) is 0.571. The molecule has 0 radical (unpaired) electrons. The zero-order chi connectivity index (χ0) is 20.3. The molecule has 1 fully saturated rings. The van der Waals surface area contributed by atoms with Crippen LogP contribution < -0.4 is 10.9 Å². The molecule has 1 aliphatic rings. The second-order valence-corrected chi connectivity index (χ2v) is 9.56. The van der Waals surface area contributed by atoms with Gasteiger partial charge in [0.05, 0.1) is 16.7 Å². The number of fused-ring (bicyclic) bond motifs is 1. The van der Waals surface area contributed by atoms with Crippen molar-refractivity contribution in [2.45, 2.75) is 64.2 Å². The summed E-state index contributed by atoms with van der Waals surface area (Å²) in [5.74, 6) is 1.30. The number of halogens is 1. The van der Waals surface area contributed by atoms with Crippen LogP contribution in [-0.4, -0.2) is 27.3 Å². The Balaban J connectivity index is 1.76. The van der Waals surface area contributed by atoms with Crippen molar-refractivity contribution in [2.24, 2.45) is 11.8 Å². The topological polar surface area (TPSA) is 64.0 Å². The number of hydrogen-bond acceptors (Lipinski definition) is 4. The van der Waals surface area contributed by atoms with E-state index >= 15 is 0 Å². The van der Waals surface area contributed by atoms with Gasteiger partial charge in [-0.1, -0.05) is 44.1 Å². The summed E-state index contributed by atoms with van der Waals surface area (Å²) < 4.78 is 1.67. The van der Waals surface area contributed by atoms with E-state index < -0.39 is 0 Å². The highest BCUT2D eigenvalue weighted by Gasteiger charge is 2.20. The summed E-state index contributed by atoms with van der Waals surface area (Å²) in [6.07, 6.45) is 4.43. The Bertz CT molecular complexity index is 904. The minimum absolute atomic E-state index is 0.00565. The van der Waals surface area contributed by atoms with Crippen LogP contribution in [0.5, 0.6) is 0 Å². The van der Waals surface area contributed by atoms with E-state index in [1.54, 1.807) is 22.8 Å². The van der Waals surface area contributed by atoms with Crippen LogP contribution in [0.25, 0.3) is 10.9 Å².